The van der Waals surface area contributed by atoms with E-state index in [9.17, 15) is 4.79 Å². The number of hydrogen-bond acceptors (Lipinski definition) is 4. The molecule has 0 N–H and O–H groups in total. The number of fused-ring (bicyclic) bond motifs is 3. The Bertz CT molecular complexity index is 1120. The number of aromatic nitrogens is 3. The molecular weight excluding hydrogens is 412 g/mol. The number of piperidine rings is 1. The standard InChI is InChI=1S/C24H25ClN4O2/c1-15-4-3-5-16(2)28(15)24(30)31-23-22-20-8-7-18(25)14-17(20)6-9-21(22)29(27-23)19-10-12-26-13-11-19/h7-8,10-16H,3-6,9H2,1-2H3/t15-,16+. The first-order chi connectivity index (χ1) is 15.0. The average Bonchev–Trinajstić information content (AvgIpc) is 3.12. The van der Waals surface area contributed by atoms with Gasteiger partial charge in [0.15, 0.2) is 0 Å². The van der Waals surface area contributed by atoms with Gasteiger partial charge in [-0.3, -0.25) is 4.98 Å². The van der Waals surface area contributed by atoms with Crippen molar-refractivity contribution in [3.8, 4) is 22.7 Å². The van der Waals surface area contributed by atoms with Gasteiger partial charge in [-0.05, 0) is 81.3 Å². The van der Waals surface area contributed by atoms with Gasteiger partial charge in [-0.25, -0.2) is 9.48 Å². The van der Waals surface area contributed by atoms with E-state index in [0.717, 1.165) is 60.2 Å². The summed E-state index contributed by atoms with van der Waals surface area (Å²) in [6.45, 7) is 4.17. The topological polar surface area (TPSA) is 60.3 Å². The number of likely N-dealkylation sites (tertiary alicyclic amines) is 1. The molecule has 1 saturated heterocycles. The third-order valence-electron chi connectivity index (χ3n) is 6.41. The Morgan fingerprint density at radius 3 is 2.58 bits per heavy atom. The molecule has 0 radical (unpaired) electrons. The third kappa shape index (κ3) is 3.59. The smallest absolute Gasteiger partial charge is 0.389 e. The second-order valence-corrected chi connectivity index (χ2v) is 8.89. The minimum Gasteiger partial charge on any atom is -0.389 e. The highest BCUT2D eigenvalue weighted by Crippen LogP contribution is 2.42. The number of benzene rings is 1. The molecule has 1 amide bonds. The molecule has 3 aromatic rings. The predicted octanol–water partition coefficient (Wildman–Crippen LogP) is 5.45. The number of carbonyl (C=O) groups excluding carboxylic acids is 1. The van der Waals surface area contributed by atoms with Crippen molar-refractivity contribution in [2.75, 3.05) is 0 Å². The molecule has 1 fully saturated rings. The molecule has 0 bridgehead atoms. The van der Waals surface area contributed by atoms with Gasteiger partial charge >= 0.3 is 6.09 Å². The van der Waals surface area contributed by atoms with Gasteiger partial charge in [-0.2, -0.15) is 0 Å². The van der Waals surface area contributed by atoms with Crippen LogP contribution in [-0.4, -0.2) is 37.8 Å². The van der Waals surface area contributed by atoms with Crippen molar-refractivity contribution in [3.05, 3.63) is 59.0 Å². The maximum Gasteiger partial charge on any atom is 0.417 e. The van der Waals surface area contributed by atoms with Crippen LogP contribution in [0.2, 0.25) is 5.02 Å². The fourth-order valence-electron chi connectivity index (χ4n) is 4.88. The van der Waals surface area contributed by atoms with E-state index in [0.29, 0.717) is 10.9 Å². The van der Waals surface area contributed by atoms with E-state index in [4.69, 9.17) is 21.4 Å². The van der Waals surface area contributed by atoms with E-state index in [-0.39, 0.29) is 18.2 Å². The lowest BCUT2D eigenvalue weighted by molar-refractivity contribution is 0.0883. The molecule has 5 rings (SSSR count). The minimum atomic E-state index is -0.331. The fourth-order valence-corrected chi connectivity index (χ4v) is 5.08. The van der Waals surface area contributed by atoms with Gasteiger partial charge in [-0.1, -0.05) is 17.7 Å². The molecule has 1 aromatic carbocycles. The van der Waals surface area contributed by atoms with E-state index in [1.807, 2.05) is 39.9 Å². The Morgan fingerprint density at radius 1 is 1.10 bits per heavy atom. The Balaban J connectivity index is 1.60. The number of halogens is 1. The number of rotatable bonds is 2. The maximum atomic E-state index is 13.2. The minimum absolute atomic E-state index is 0.153. The number of aryl methyl sites for hydroxylation is 1. The van der Waals surface area contributed by atoms with Crippen molar-refractivity contribution >= 4 is 17.7 Å². The molecule has 6 nitrogen and oxygen atoms in total. The Labute approximate surface area is 186 Å². The molecule has 3 heterocycles. The summed E-state index contributed by atoms with van der Waals surface area (Å²) in [6.07, 6.45) is 7.90. The number of ether oxygens (including phenoxy) is 1. The highest BCUT2D eigenvalue weighted by molar-refractivity contribution is 6.30. The summed E-state index contributed by atoms with van der Waals surface area (Å²) in [5.74, 6) is 0.352. The molecule has 0 spiro atoms. The summed E-state index contributed by atoms with van der Waals surface area (Å²) >= 11 is 6.24. The van der Waals surface area contributed by atoms with Crippen molar-refractivity contribution in [2.45, 2.75) is 58.0 Å². The van der Waals surface area contributed by atoms with Crippen LogP contribution in [0.5, 0.6) is 5.88 Å². The highest BCUT2D eigenvalue weighted by Gasteiger charge is 2.33. The van der Waals surface area contributed by atoms with Gasteiger partial charge in [0.2, 0.25) is 0 Å². The van der Waals surface area contributed by atoms with Crippen molar-refractivity contribution in [2.24, 2.45) is 0 Å². The van der Waals surface area contributed by atoms with E-state index in [1.165, 1.54) is 0 Å². The molecule has 31 heavy (non-hydrogen) atoms. The first-order valence-corrected chi connectivity index (χ1v) is 11.2. The Morgan fingerprint density at radius 2 is 1.84 bits per heavy atom. The third-order valence-corrected chi connectivity index (χ3v) is 6.65. The van der Waals surface area contributed by atoms with E-state index >= 15 is 0 Å². The molecular formula is C24H25ClN4O2. The van der Waals surface area contributed by atoms with E-state index in [2.05, 4.69) is 18.8 Å². The molecule has 2 atom stereocenters. The summed E-state index contributed by atoms with van der Waals surface area (Å²) in [7, 11) is 0. The first-order valence-electron chi connectivity index (χ1n) is 10.8. The monoisotopic (exact) mass is 436 g/mol. The summed E-state index contributed by atoms with van der Waals surface area (Å²) in [5, 5.41) is 5.46. The van der Waals surface area contributed by atoms with Gasteiger partial charge < -0.3 is 9.64 Å². The van der Waals surface area contributed by atoms with E-state index < -0.39 is 0 Å². The lowest BCUT2D eigenvalue weighted by atomic mass is 9.89. The molecule has 7 heteroatoms. The van der Waals surface area contributed by atoms with Gasteiger partial charge in [0, 0.05) is 29.5 Å². The lowest BCUT2D eigenvalue weighted by Gasteiger charge is -2.37. The zero-order valence-corrected chi connectivity index (χ0v) is 18.5. The number of nitrogens with zero attached hydrogens (tertiary/aromatic N) is 4. The number of amides is 1. The van der Waals surface area contributed by atoms with Crippen LogP contribution in [0.4, 0.5) is 4.79 Å². The molecule has 0 unspecified atom stereocenters. The molecule has 2 aromatic heterocycles. The lowest BCUT2D eigenvalue weighted by Crippen LogP contribution is -2.48. The number of hydrogen-bond donors (Lipinski definition) is 0. The van der Waals surface area contributed by atoms with Gasteiger partial charge in [0.25, 0.3) is 5.88 Å². The number of carbonyl (C=O) groups is 1. The summed E-state index contributed by atoms with van der Waals surface area (Å²) in [6, 6.07) is 9.98. The summed E-state index contributed by atoms with van der Waals surface area (Å²) in [5.41, 5.74) is 4.97. The van der Waals surface area contributed by atoms with Crippen molar-refractivity contribution in [1.82, 2.24) is 19.7 Å². The number of pyridine rings is 1. The van der Waals surface area contributed by atoms with Crippen molar-refractivity contribution < 1.29 is 9.53 Å². The Kier molecular flexibility index (Phi) is 5.18. The average molecular weight is 437 g/mol. The van der Waals surface area contributed by atoms with Crippen LogP contribution in [-0.2, 0) is 12.8 Å². The zero-order valence-electron chi connectivity index (χ0n) is 17.7. The molecule has 2 aliphatic rings. The zero-order chi connectivity index (χ0) is 21.5. The van der Waals surface area contributed by atoms with Gasteiger partial charge in [-0.15, -0.1) is 5.10 Å². The second-order valence-electron chi connectivity index (χ2n) is 8.45. The molecule has 160 valence electrons. The largest absolute Gasteiger partial charge is 0.417 e. The van der Waals surface area contributed by atoms with Crippen molar-refractivity contribution in [3.63, 3.8) is 0 Å². The Hall–Kier alpha value is -2.86. The van der Waals surface area contributed by atoms with Gasteiger partial charge in [0.05, 0.1) is 16.9 Å². The normalized spacial score (nSPS) is 20.2. The predicted molar refractivity (Wildman–Crippen MR) is 120 cm³/mol. The van der Waals surface area contributed by atoms with Crippen LogP contribution in [0.3, 0.4) is 0 Å². The molecule has 0 saturated carbocycles. The summed E-state index contributed by atoms with van der Waals surface area (Å²) < 4.78 is 7.86. The quantitative estimate of drug-likeness (QED) is 0.536. The summed E-state index contributed by atoms with van der Waals surface area (Å²) in [4.78, 5) is 19.2. The highest BCUT2D eigenvalue weighted by atomic mass is 35.5. The first kappa shape index (κ1) is 20.1. The molecule has 1 aliphatic heterocycles. The van der Waals surface area contributed by atoms with Crippen LogP contribution < -0.4 is 4.74 Å². The van der Waals surface area contributed by atoms with Crippen molar-refractivity contribution in [1.29, 1.82) is 0 Å². The van der Waals surface area contributed by atoms with Crippen LogP contribution in [0.25, 0.3) is 16.8 Å². The van der Waals surface area contributed by atoms with E-state index in [1.54, 1.807) is 12.4 Å². The molecule has 1 aliphatic carbocycles. The van der Waals surface area contributed by atoms with Crippen LogP contribution in [0, 0.1) is 0 Å². The van der Waals surface area contributed by atoms with Crippen LogP contribution in [0.1, 0.15) is 44.4 Å². The van der Waals surface area contributed by atoms with Crippen LogP contribution in [0.15, 0.2) is 42.7 Å². The maximum absolute atomic E-state index is 13.2. The SMILES string of the molecule is C[C@@H]1CCC[C@H](C)N1C(=O)Oc1nn(-c2ccncc2)c2c1-c1ccc(Cl)cc1CC2. The van der Waals surface area contributed by atoms with Crippen LogP contribution >= 0.6 is 11.6 Å². The second kappa shape index (κ2) is 8.00. The van der Waals surface area contributed by atoms with Gasteiger partial charge in [0.1, 0.15) is 0 Å². The fraction of sp³-hybridized carbons (Fsp3) is 0.375.